The molecule has 0 fully saturated rings. The van der Waals surface area contributed by atoms with Crippen molar-refractivity contribution in [2.24, 2.45) is 0 Å². The molecule has 4 unspecified atom stereocenters. The molecule has 11 nitrogen and oxygen atoms in total. The maximum Gasteiger partial charge on any atom is 0.0803 e. The van der Waals surface area contributed by atoms with Gasteiger partial charge in [0.15, 0.2) is 0 Å². The highest BCUT2D eigenvalue weighted by Crippen LogP contribution is 2.26. The molecule has 322 valence electrons. The number of hydrogen-bond donors (Lipinski definition) is 0. The van der Waals surface area contributed by atoms with Gasteiger partial charge in [-0.3, -0.25) is 0 Å². The molecule has 0 amide bonds. The SMILES string of the molecule is C=CC[C@@H](C[C@@H](C[C@@H](CC(CC(CC(CC(C[C@@H](C[C@@H](C[C@@H](C[C@H](OC)/C(C)=C/CCCCC)OC)OC)OC)OC)OC)OC)OC)OC)OC)OC. The highest BCUT2D eigenvalue weighted by molar-refractivity contribution is 5.06. The van der Waals surface area contributed by atoms with Crippen LogP contribution in [-0.2, 0) is 52.1 Å². The Balaban J connectivity index is 5.36. The molecule has 11 heteroatoms. The summed E-state index contributed by atoms with van der Waals surface area (Å²) in [5, 5.41) is 0. The minimum atomic E-state index is -0.0813. The van der Waals surface area contributed by atoms with Crippen molar-refractivity contribution in [2.75, 3.05) is 78.2 Å². The summed E-state index contributed by atoms with van der Waals surface area (Å²) in [6.07, 6.45) is 16.6. The smallest absolute Gasteiger partial charge is 0.0803 e. The largest absolute Gasteiger partial charge is 0.381 e. The average molecular weight is 777 g/mol. The van der Waals surface area contributed by atoms with Gasteiger partial charge in [0, 0.05) is 91.0 Å². The van der Waals surface area contributed by atoms with Gasteiger partial charge in [0.05, 0.1) is 67.1 Å². The van der Waals surface area contributed by atoms with E-state index in [0.29, 0.717) is 32.1 Å². The maximum atomic E-state index is 6.00. The number of ether oxygens (including phenoxy) is 11. The van der Waals surface area contributed by atoms with Crippen molar-refractivity contribution in [2.45, 2.75) is 177 Å². The molecule has 0 saturated carbocycles. The number of rotatable bonds is 38. The van der Waals surface area contributed by atoms with E-state index in [2.05, 4.69) is 26.5 Å². The first-order valence-corrected chi connectivity index (χ1v) is 20.2. The van der Waals surface area contributed by atoms with Crippen molar-refractivity contribution >= 4 is 0 Å². The number of hydrogen-bond acceptors (Lipinski definition) is 11. The van der Waals surface area contributed by atoms with Crippen LogP contribution < -0.4 is 0 Å². The zero-order valence-corrected chi connectivity index (χ0v) is 36.8. The van der Waals surface area contributed by atoms with E-state index in [1.807, 2.05) is 6.08 Å². The van der Waals surface area contributed by atoms with Gasteiger partial charge in [-0.05, 0) is 83.1 Å². The molecule has 0 spiro atoms. The van der Waals surface area contributed by atoms with Crippen molar-refractivity contribution in [1.29, 1.82) is 0 Å². The molecule has 0 radical (unpaired) electrons. The summed E-state index contributed by atoms with van der Waals surface area (Å²) < 4.78 is 65.0. The first kappa shape index (κ1) is 53.0. The lowest BCUT2D eigenvalue weighted by Crippen LogP contribution is -2.34. The van der Waals surface area contributed by atoms with Crippen LogP contribution in [0.2, 0.25) is 0 Å². The molecule has 0 N–H and O–H groups in total. The van der Waals surface area contributed by atoms with E-state index in [9.17, 15) is 0 Å². The van der Waals surface area contributed by atoms with Gasteiger partial charge >= 0.3 is 0 Å². The molecule has 0 aromatic heterocycles. The van der Waals surface area contributed by atoms with Gasteiger partial charge in [-0.15, -0.1) is 6.58 Å². The lowest BCUT2D eigenvalue weighted by atomic mass is 9.93. The molecule has 11 atom stereocenters. The van der Waals surface area contributed by atoms with Crippen LogP contribution in [0.3, 0.4) is 0 Å². The van der Waals surface area contributed by atoms with Gasteiger partial charge in [0.1, 0.15) is 0 Å². The zero-order chi connectivity index (χ0) is 40.7. The minimum Gasteiger partial charge on any atom is -0.381 e. The van der Waals surface area contributed by atoms with Crippen molar-refractivity contribution in [1.82, 2.24) is 0 Å². The first-order valence-electron chi connectivity index (χ1n) is 20.2. The van der Waals surface area contributed by atoms with Gasteiger partial charge in [-0.1, -0.05) is 31.9 Å². The predicted molar refractivity (Wildman–Crippen MR) is 218 cm³/mol. The Hall–Kier alpha value is -0.960. The van der Waals surface area contributed by atoms with Crippen molar-refractivity contribution in [3.05, 3.63) is 24.3 Å². The van der Waals surface area contributed by atoms with E-state index in [4.69, 9.17) is 52.1 Å². The fraction of sp³-hybridized carbons (Fsp3) is 0.907. The first-order chi connectivity index (χ1) is 26.1. The Labute approximate surface area is 331 Å². The van der Waals surface area contributed by atoms with Crippen LogP contribution in [-0.4, -0.2) is 145 Å². The van der Waals surface area contributed by atoms with Gasteiger partial charge < -0.3 is 52.1 Å². The monoisotopic (exact) mass is 777 g/mol. The number of allylic oxidation sites excluding steroid dienone is 1. The summed E-state index contributed by atoms with van der Waals surface area (Å²) in [6, 6.07) is 0. The summed E-state index contributed by atoms with van der Waals surface area (Å²) in [5.41, 5.74) is 1.26. The Morgan fingerprint density at radius 1 is 0.407 bits per heavy atom. The van der Waals surface area contributed by atoms with E-state index in [0.717, 1.165) is 44.9 Å². The summed E-state index contributed by atoms with van der Waals surface area (Å²) in [5.74, 6) is 0. The lowest BCUT2D eigenvalue weighted by Gasteiger charge is -2.31. The van der Waals surface area contributed by atoms with E-state index in [1.165, 1.54) is 24.8 Å². The van der Waals surface area contributed by atoms with Gasteiger partial charge in [0.2, 0.25) is 0 Å². The number of methoxy groups -OCH3 is 11. The van der Waals surface area contributed by atoms with E-state index in [-0.39, 0.29) is 67.1 Å². The standard InChI is InChI=1S/C43H84O11/c1-15-17-18-19-21-32(3)43(54-14)31-42(53-13)30-41(52-12)29-40(51-11)28-39(50-10)27-38(49-9)26-37(48-8)25-36(47-7)24-35(46-6)23-34(45-5)22-33(44-4)20-16-2/h16,21,33-43H,2,15,17-20,22-31H2,1,3-14H3/b32-21+/t33-,34-,35-,36?,37?,38?,39?,40-,41-,42-,43-/m0/s1. The Kier molecular flexibility index (Phi) is 33.5. The maximum absolute atomic E-state index is 6.00. The van der Waals surface area contributed by atoms with Crippen molar-refractivity contribution < 1.29 is 52.1 Å². The second-order valence-corrected chi connectivity index (χ2v) is 14.6. The van der Waals surface area contributed by atoms with Gasteiger partial charge in [-0.2, -0.15) is 0 Å². The highest BCUT2D eigenvalue weighted by atomic mass is 16.5. The third-order valence-electron chi connectivity index (χ3n) is 11.0. The van der Waals surface area contributed by atoms with Crippen LogP contribution in [0.25, 0.3) is 0 Å². The molecule has 0 bridgehead atoms. The van der Waals surface area contributed by atoms with E-state index in [1.54, 1.807) is 78.2 Å². The highest BCUT2D eigenvalue weighted by Gasteiger charge is 2.29. The molecule has 54 heavy (non-hydrogen) atoms. The predicted octanol–water partition coefficient (Wildman–Crippen LogP) is 8.16. The molecule has 0 aromatic carbocycles. The summed E-state index contributed by atoms with van der Waals surface area (Å²) in [6.45, 7) is 8.23. The third kappa shape index (κ3) is 23.3. The Morgan fingerprint density at radius 3 is 0.926 bits per heavy atom. The molecule has 0 aromatic rings. The average Bonchev–Trinajstić information content (AvgIpc) is 3.20. The molecule has 0 aliphatic rings. The second-order valence-electron chi connectivity index (χ2n) is 14.6. The molecule has 0 saturated heterocycles. The van der Waals surface area contributed by atoms with Crippen LogP contribution in [0.4, 0.5) is 0 Å². The minimum absolute atomic E-state index is 0.00413. The fourth-order valence-electron chi connectivity index (χ4n) is 7.27. The summed E-state index contributed by atoms with van der Waals surface area (Å²) in [4.78, 5) is 0. The topological polar surface area (TPSA) is 102 Å². The summed E-state index contributed by atoms with van der Waals surface area (Å²) in [7, 11) is 19.3. The molecule has 0 aliphatic heterocycles. The van der Waals surface area contributed by atoms with Gasteiger partial charge in [-0.25, -0.2) is 0 Å². The second kappa shape index (κ2) is 34.1. The van der Waals surface area contributed by atoms with Crippen LogP contribution in [0, 0.1) is 0 Å². The fourth-order valence-corrected chi connectivity index (χ4v) is 7.27. The van der Waals surface area contributed by atoms with Crippen LogP contribution in [0.5, 0.6) is 0 Å². The van der Waals surface area contributed by atoms with Crippen LogP contribution in [0.1, 0.15) is 110 Å². The molecule has 0 heterocycles. The number of unbranched alkanes of at least 4 members (excludes halogenated alkanes) is 3. The third-order valence-corrected chi connectivity index (χ3v) is 11.0. The van der Waals surface area contributed by atoms with E-state index >= 15 is 0 Å². The Bertz CT molecular complexity index is 889. The van der Waals surface area contributed by atoms with Crippen molar-refractivity contribution in [3.63, 3.8) is 0 Å². The Morgan fingerprint density at radius 2 is 0.685 bits per heavy atom. The van der Waals surface area contributed by atoms with Crippen LogP contribution in [0.15, 0.2) is 24.3 Å². The van der Waals surface area contributed by atoms with Gasteiger partial charge in [0.25, 0.3) is 0 Å². The lowest BCUT2D eigenvalue weighted by molar-refractivity contribution is -0.0609. The zero-order valence-electron chi connectivity index (χ0n) is 36.8. The normalized spacial score (nSPS) is 18.6. The molecule has 0 aliphatic carbocycles. The molecular formula is C43H84O11. The van der Waals surface area contributed by atoms with E-state index < -0.39 is 0 Å². The quantitative estimate of drug-likeness (QED) is 0.0449. The molecular weight excluding hydrogens is 692 g/mol. The van der Waals surface area contributed by atoms with Crippen molar-refractivity contribution in [3.8, 4) is 0 Å². The van der Waals surface area contributed by atoms with Crippen LogP contribution >= 0.6 is 0 Å². The molecule has 0 rings (SSSR count). The summed E-state index contributed by atoms with van der Waals surface area (Å²) >= 11 is 0.